The number of hydrogen-bond acceptors (Lipinski definition) is 6. The molecule has 1 amide bonds. The van der Waals surface area contributed by atoms with Gasteiger partial charge in [0.05, 0.1) is 0 Å². The van der Waals surface area contributed by atoms with Crippen LogP contribution in [0.15, 0.2) is 18.3 Å². The van der Waals surface area contributed by atoms with E-state index in [1.54, 1.807) is 6.20 Å². The van der Waals surface area contributed by atoms with Crippen molar-refractivity contribution in [2.24, 2.45) is 5.41 Å². The van der Waals surface area contributed by atoms with Crippen LogP contribution >= 0.6 is 0 Å². The van der Waals surface area contributed by atoms with Gasteiger partial charge < -0.3 is 20.2 Å². The standard InChI is InChI=1S/C20H27N7O2/c1-26(14-4-7-20(8-5-14)11-27(12-20)19(28)29)18-21-9-6-16(23-18)22-17-10-15(24-25-17)13-2-3-13/h6,9-10,13-14H,2-5,7-8,11-12H2,1H3,(H,28,29)(H2,21,22,23,24,25). The molecule has 0 bridgehead atoms. The number of nitrogens with one attached hydrogen (secondary N) is 2. The van der Waals surface area contributed by atoms with Crippen LogP contribution in [0.25, 0.3) is 0 Å². The van der Waals surface area contributed by atoms with E-state index in [4.69, 9.17) is 5.11 Å². The van der Waals surface area contributed by atoms with E-state index in [0.29, 0.717) is 31.0 Å². The summed E-state index contributed by atoms with van der Waals surface area (Å²) in [6.45, 7) is 1.36. The SMILES string of the molecule is CN(c1nccc(Nc2cc(C3CC3)[nH]n2)n1)C1CCC2(CC1)CN(C(=O)O)C2. The number of hydrogen-bond donors (Lipinski definition) is 3. The molecule has 9 nitrogen and oxygen atoms in total. The molecule has 3 heterocycles. The molecule has 0 radical (unpaired) electrons. The maximum Gasteiger partial charge on any atom is 0.407 e. The van der Waals surface area contributed by atoms with Crippen LogP contribution in [-0.2, 0) is 0 Å². The predicted molar refractivity (Wildman–Crippen MR) is 109 cm³/mol. The van der Waals surface area contributed by atoms with Gasteiger partial charge in [0.25, 0.3) is 0 Å². The summed E-state index contributed by atoms with van der Waals surface area (Å²) in [4.78, 5) is 23.9. The average molecular weight is 397 g/mol. The molecule has 0 unspecified atom stereocenters. The molecule has 2 aliphatic carbocycles. The van der Waals surface area contributed by atoms with Gasteiger partial charge in [-0.1, -0.05) is 0 Å². The Morgan fingerprint density at radius 3 is 2.72 bits per heavy atom. The second-order valence-corrected chi connectivity index (χ2v) is 8.83. The Morgan fingerprint density at radius 2 is 2.03 bits per heavy atom. The second kappa shape index (κ2) is 6.89. The fourth-order valence-corrected chi connectivity index (χ4v) is 4.70. The number of aromatic amines is 1. The summed E-state index contributed by atoms with van der Waals surface area (Å²) >= 11 is 0. The summed E-state index contributed by atoms with van der Waals surface area (Å²) < 4.78 is 0. The molecule has 0 atom stereocenters. The van der Waals surface area contributed by atoms with Gasteiger partial charge in [-0.2, -0.15) is 10.1 Å². The summed E-state index contributed by atoms with van der Waals surface area (Å²) in [5, 5.41) is 19.8. The van der Waals surface area contributed by atoms with Crippen molar-refractivity contribution in [3.8, 4) is 0 Å². The molecule has 3 aliphatic rings. The van der Waals surface area contributed by atoms with Gasteiger partial charge in [0.2, 0.25) is 5.95 Å². The van der Waals surface area contributed by atoms with E-state index in [1.807, 2.05) is 13.1 Å². The average Bonchev–Trinajstić information content (AvgIpc) is 3.45. The quantitative estimate of drug-likeness (QED) is 0.711. The van der Waals surface area contributed by atoms with Crippen LogP contribution in [0.5, 0.6) is 0 Å². The maximum atomic E-state index is 11.1. The van der Waals surface area contributed by atoms with E-state index in [2.05, 4.69) is 36.4 Å². The second-order valence-electron chi connectivity index (χ2n) is 8.83. The molecule has 2 aromatic heterocycles. The van der Waals surface area contributed by atoms with Crippen LogP contribution in [0.1, 0.15) is 50.1 Å². The maximum absolute atomic E-state index is 11.1. The Labute approximate surface area is 169 Å². The van der Waals surface area contributed by atoms with E-state index < -0.39 is 6.09 Å². The fraction of sp³-hybridized carbons (Fsp3) is 0.600. The van der Waals surface area contributed by atoms with Crippen molar-refractivity contribution < 1.29 is 9.90 Å². The molecule has 154 valence electrons. The Kier molecular flexibility index (Phi) is 4.33. The zero-order valence-electron chi connectivity index (χ0n) is 16.6. The molecule has 29 heavy (non-hydrogen) atoms. The van der Waals surface area contributed by atoms with Gasteiger partial charge in [0.1, 0.15) is 5.82 Å². The van der Waals surface area contributed by atoms with Crippen molar-refractivity contribution in [2.45, 2.75) is 50.5 Å². The van der Waals surface area contributed by atoms with Gasteiger partial charge in [-0.15, -0.1) is 0 Å². The highest BCUT2D eigenvalue weighted by Gasteiger charge is 2.47. The zero-order chi connectivity index (χ0) is 20.0. The highest BCUT2D eigenvalue weighted by atomic mass is 16.4. The molecule has 3 fully saturated rings. The van der Waals surface area contributed by atoms with E-state index in [9.17, 15) is 4.79 Å². The largest absolute Gasteiger partial charge is 0.465 e. The number of carbonyl (C=O) groups is 1. The molecule has 9 heteroatoms. The van der Waals surface area contributed by atoms with E-state index in [1.165, 1.54) is 23.4 Å². The van der Waals surface area contributed by atoms with E-state index >= 15 is 0 Å². The number of amides is 1. The van der Waals surface area contributed by atoms with Crippen LogP contribution in [-0.4, -0.2) is 62.4 Å². The van der Waals surface area contributed by atoms with Gasteiger partial charge in [0.15, 0.2) is 5.82 Å². The number of aromatic nitrogens is 4. The number of anilines is 3. The van der Waals surface area contributed by atoms with Crippen LogP contribution in [0.3, 0.4) is 0 Å². The van der Waals surface area contributed by atoms with Crippen molar-refractivity contribution in [3.05, 3.63) is 24.0 Å². The van der Waals surface area contributed by atoms with Crippen molar-refractivity contribution in [3.63, 3.8) is 0 Å². The summed E-state index contributed by atoms with van der Waals surface area (Å²) in [6.07, 6.45) is 7.64. The van der Waals surface area contributed by atoms with Crippen LogP contribution in [0.4, 0.5) is 22.4 Å². The van der Waals surface area contributed by atoms with Gasteiger partial charge in [-0.05, 0) is 44.6 Å². The molecule has 1 saturated heterocycles. The highest BCUT2D eigenvalue weighted by Crippen LogP contribution is 2.45. The van der Waals surface area contributed by atoms with Gasteiger partial charge in [0, 0.05) is 55.5 Å². The zero-order valence-corrected chi connectivity index (χ0v) is 16.6. The minimum Gasteiger partial charge on any atom is -0.465 e. The van der Waals surface area contributed by atoms with Crippen LogP contribution in [0.2, 0.25) is 0 Å². The smallest absolute Gasteiger partial charge is 0.407 e. The van der Waals surface area contributed by atoms with Gasteiger partial charge in [-0.3, -0.25) is 5.10 Å². The normalized spacial score (nSPS) is 21.1. The molecule has 2 saturated carbocycles. The Bertz CT molecular complexity index is 894. The first kappa shape index (κ1) is 18.2. The van der Waals surface area contributed by atoms with Crippen molar-refractivity contribution in [1.82, 2.24) is 25.1 Å². The Hall–Kier alpha value is -2.84. The third-order valence-electron chi connectivity index (χ3n) is 6.72. The third-order valence-corrected chi connectivity index (χ3v) is 6.72. The first-order valence-corrected chi connectivity index (χ1v) is 10.4. The predicted octanol–water partition coefficient (Wildman–Crippen LogP) is 3.18. The molecule has 0 aromatic carbocycles. The van der Waals surface area contributed by atoms with Crippen molar-refractivity contribution >= 4 is 23.7 Å². The topological polar surface area (TPSA) is 110 Å². The fourth-order valence-electron chi connectivity index (χ4n) is 4.70. The lowest BCUT2D eigenvalue weighted by molar-refractivity contribution is -0.0185. The monoisotopic (exact) mass is 397 g/mol. The first-order chi connectivity index (χ1) is 14.0. The highest BCUT2D eigenvalue weighted by molar-refractivity contribution is 5.66. The minimum atomic E-state index is -0.797. The number of H-pyrrole nitrogens is 1. The Morgan fingerprint density at radius 1 is 1.28 bits per heavy atom. The molecule has 3 N–H and O–H groups in total. The van der Waals surface area contributed by atoms with Gasteiger partial charge in [-0.25, -0.2) is 9.78 Å². The van der Waals surface area contributed by atoms with Crippen LogP contribution < -0.4 is 10.2 Å². The van der Waals surface area contributed by atoms with E-state index in [-0.39, 0.29) is 5.41 Å². The number of nitrogens with zero attached hydrogens (tertiary/aromatic N) is 5. The van der Waals surface area contributed by atoms with E-state index in [0.717, 1.165) is 37.3 Å². The van der Waals surface area contributed by atoms with Crippen molar-refractivity contribution in [2.75, 3.05) is 30.4 Å². The van der Waals surface area contributed by atoms with Crippen LogP contribution in [0, 0.1) is 5.41 Å². The third kappa shape index (κ3) is 3.61. The first-order valence-electron chi connectivity index (χ1n) is 10.4. The van der Waals surface area contributed by atoms with Gasteiger partial charge >= 0.3 is 6.09 Å². The lowest BCUT2D eigenvalue weighted by Gasteiger charge is -2.53. The summed E-state index contributed by atoms with van der Waals surface area (Å²) in [5.41, 5.74) is 1.38. The molecular formula is C20H27N7O2. The summed E-state index contributed by atoms with van der Waals surface area (Å²) in [6, 6.07) is 4.29. The molecule has 5 rings (SSSR count). The summed E-state index contributed by atoms with van der Waals surface area (Å²) in [5.74, 6) is 2.86. The molecular weight excluding hydrogens is 370 g/mol. The lowest BCUT2D eigenvalue weighted by Crippen LogP contribution is -2.60. The summed E-state index contributed by atoms with van der Waals surface area (Å²) in [7, 11) is 2.05. The molecule has 1 spiro atoms. The van der Waals surface area contributed by atoms with Crippen molar-refractivity contribution in [1.29, 1.82) is 0 Å². The Balaban J connectivity index is 1.20. The number of carboxylic acid groups (broad SMARTS) is 1. The molecule has 2 aromatic rings. The number of likely N-dealkylation sites (tertiary alicyclic amines) is 1. The molecule has 1 aliphatic heterocycles. The lowest BCUT2D eigenvalue weighted by atomic mass is 9.67. The minimum absolute atomic E-state index is 0.194. The number of rotatable bonds is 5.